The second-order valence-electron chi connectivity index (χ2n) is 4.55. The van der Waals surface area contributed by atoms with E-state index in [9.17, 15) is 0 Å². The summed E-state index contributed by atoms with van der Waals surface area (Å²) in [5.74, 6) is 1.52. The molecule has 98 valence electrons. The van der Waals surface area contributed by atoms with Crippen LogP contribution in [0.1, 0.15) is 35.5 Å². The van der Waals surface area contributed by atoms with Crippen LogP contribution >= 0.6 is 11.3 Å². The molecule has 0 aliphatic carbocycles. The summed E-state index contributed by atoms with van der Waals surface area (Å²) in [7, 11) is 2.07. The summed E-state index contributed by atoms with van der Waals surface area (Å²) in [6.07, 6.45) is 1.93. The molecule has 2 rings (SSSR count). The highest BCUT2D eigenvalue weighted by Gasteiger charge is 2.10. The smallest absolute Gasteiger partial charge is 0.240 e. The Morgan fingerprint density at radius 3 is 2.89 bits per heavy atom. The lowest BCUT2D eigenvalue weighted by atomic mass is 10.3. The van der Waals surface area contributed by atoms with Crippen LogP contribution in [0.15, 0.2) is 16.0 Å². The number of rotatable bonds is 6. The molecule has 0 atom stereocenters. The van der Waals surface area contributed by atoms with Crippen molar-refractivity contribution in [2.45, 2.75) is 39.8 Å². The lowest BCUT2D eigenvalue weighted by Gasteiger charge is -2.13. The van der Waals surface area contributed by atoms with Gasteiger partial charge in [0, 0.05) is 17.8 Å². The Kier molecular flexibility index (Phi) is 4.49. The van der Waals surface area contributed by atoms with Gasteiger partial charge in [-0.3, -0.25) is 4.90 Å². The minimum atomic E-state index is 0.702. The molecule has 0 radical (unpaired) electrons. The van der Waals surface area contributed by atoms with E-state index < -0.39 is 0 Å². The van der Waals surface area contributed by atoms with Gasteiger partial charge < -0.3 is 4.52 Å². The van der Waals surface area contributed by atoms with Gasteiger partial charge in [0.15, 0.2) is 5.82 Å². The predicted molar refractivity (Wildman–Crippen MR) is 72.5 cm³/mol. The molecule has 5 heteroatoms. The lowest BCUT2D eigenvalue weighted by Crippen LogP contribution is -2.17. The van der Waals surface area contributed by atoms with Gasteiger partial charge in [-0.2, -0.15) is 4.98 Å². The van der Waals surface area contributed by atoms with E-state index in [0.717, 1.165) is 25.2 Å². The first-order valence-corrected chi connectivity index (χ1v) is 7.10. The van der Waals surface area contributed by atoms with Crippen LogP contribution in [0.25, 0.3) is 0 Å². The van der Waals surface area contributed by atoms with Gasteiger partial charge in [-0.15, -0.1) is 11.3 Å². The maximum Gasteiger partial charge on any atom is 0.240 e. The molecule has 0 bridgehead atoms. The Morgan fingerprint density at radius 2 is 2.22 bits per heavy atom. The fraction of sp³-hybridized carbons (Fsp3) is 0.538. The van der Waals surface area contributed by atoms with Crippen molar-refractivity contribution in [3.63, 3.8) is 0 Å². The van der Waals surface area contributed by atoms with Crippen molar-refractivity contribution in [3.05, 3.63) is 33.6 Å². The standard InChI is InChI=1S/C13H19N3OS/c1-4-5-12-14-13(17-15-12)9-16(3)8-11-10(2)6-7-18-11/h6-7H,4-5,8-9H2,1-3H3. The molecule has 0 amide bonds. The van der Waals surface area contributed by atoms with E-state index in [-0.39, 0.29) is 0 Å². The zero-order valence-electron chi connectivity index (χ0n) is 11.1. The first-order chi connectivity index (χ1) is 8.69. The first-order valence-electron chi connectivity index (χ1n) is 6.22. The van der Waals surface area contributed by atoms with Crippen LogP contribution in [-0.2, 0) is 19.5 Å². The van der Waals surface area contributed by atoms with E-state index >= 15 is 0 Å². The second kappa shape index (κ2) is 6.11. The van der Waals surface area contributed by atoms with Gasteiger partial charge in [-0.1, -0.05) is 12.1 Å². The molecule has 2 heterocycles. The first kappa shape index (κ1) is 13.2. The highest BCUT2D eigenvalue weighted by molar-refractivity contribution is 7.10. The van der Waals surface area contributed by atoms with Crippen molar-refractivity contribution in [2.24, 2.45) is 0 Å². The fourth-order valence-electron chi connectivity index (χ4n) is 1.78. The number of aryl methyl sites for hydroxylation is 2. The molecule has 4 nitrogen and oxygen atoms in total. The van der Waals surface area contributed by atoms with Gasteiger partial charge in [-0.25, -0.2) is 0 Å². The minimum Gasteiger partial charge on any atom is -0.338 e. The van der Waals surface area contributed by atoms with Crippen LogP contribution in [-0.4, -0.2) is 22.1 Å². The molecule has 0 aliphatic heterocycles. The van der Waals surface area contributed by atoms with Crippen LogP contribution in [0.5, 0.6) is 0 Å². The van der Waals surface area contributed by atoms with Crippen molar-refractivity contribution >= 4 is 11.3 Å². The van der Waals surface area contributed by atoms with Crippen LogP contribution in [0.2, 0.25) is 0 Å². The van der Waals surface area contributed by atoms with E-state index in [1.165, 1.54) is 10.4 Å². The Morgan fingerprint density at radius 1 is 1.39 bits per heavy atom. The third-order valence-corrected chi connectivity index (χ3v) is 3.78. The Labute approximate surface area is 112 Å². The monoisotopic (exact) mass is 265 g/mol. The van der Waals surface area contributed by atoms with Crippen molar-refractivity contribution < 1.29 is 4.52 Å². The van der Waals surface area contributed by atoms with Crippen molar-refractivity contribution in [1.82, 2.24) is 15.0 Å². The molecular formula is C13H19N3OS. The molecule has 0 aliphatic rings. The van der Waals surface area contributed by atoms with E-state index in [4.69, 9.17) is 4.52 Å². The summed E-state index contributed by atoms with van der Waals surface area (Å²) in [4.78, 5) is 7.97. The van der Waals surface area contributed by atoms with E-state index in [1.54, 1.807) is 11.3 Å². The molecule has 0 aromatic carbocycles. The largest absolute Gasteiger partial charge is 0.338 e. The van der Waals surface area contributed by atoms with Gasteiger partial charge >= 0.3 is 0 Å². The Bertz CT molecular complexity index is 492. The normalized spacial score (nSPS) is 11.3. The minimum absolute atomic E-state index is 0.702. The Balaban J connectivity index is 1.90. The van der Waals surface area contributed by atoms with Crippen LogP contribution in [0.3, 0.4) is 0 Å². The van der Waals surface area contributed by atoms with Crippen molar-refractivity contribution in [1.29, 1.82) is 0 Å². The number of hydrogen-bond acceptors (Lipinski definition) is 5. The van der Waals surface area contributed by atoms with Crippen molar-refractivity contribution in [2.75, 3.05) is 7.05 Å². The summed E-state index contributed by atoms with van der Waals surface area (Å²) < 4.78 is 5.24. The SMILES string of the molecule is CCCc1noc(CN(C)Cc2sccc2C)n1. The molecule has 0 saturated heterocycles. The van der Waals surface area contributed by atoms with Gasteiger partial charge in [0.25, 0.3) is 0 Å². The number of nitrogens with zero attached hydrogens (tertiary/aromatic N) is 3. The second-order valence-corrected chi connectivity index (χ2v) is 5.55. The summed E-state index contributed by atoms with van der Waals surface area (Å²) in [5.41, 5.74) is 1.35. The van der Waals surface area contributed by atoms with Gasteiger partial charge in [-0.05, 0) is 37.4 Å². The summed E-state index contributed by atoms with van der Waals surface area (Å²) in [5, 5.41) is 6.09. The number of hydrogen-bond donors (Lipinski definition) is 0. The molecule has 0 unspecified atom stereocenters. The number of thiophene rings is 1. The average molecular weight is 265 g/mol. The molecule has 0 saturated carbocycles. The number of aromatic nitrogens is 2. The molecule has 0 N–H and O–H groups in total. The summed E-state index contributed by atoms with van der Waals surface area (Å²) >= 11 is 1.79. The quantitative estimate of drug-likeness (QED) is 0.805. The third kappa shape index (κ3) is 3.40. The van der Waals surface area contributed by atoms with Crippen LogP contribution in [0, 0.1) is 6.92 Å². The summed E-state index contributed by atoms with van der Waals surface area (Å²) in [6, 6.07) is 2.15. The average Bonchev–Trinajstić information content (AvgIpc) is 2.90. The molecular weight excluding hydrogens is 246 g/mol. The highest BCUT2D eigenvalue weighted by Crippen LogP contribution is 2.18. The van der Waals surface area contributed by atoms with Crippen molar-refractivity contribution in [3.8, 4) is 0 Å². The van der Waals surface area contributed by atoms with Gasteiger partial charge in [0.1, 0.15) is 0 Å². The lowest BCUT2D eigenvalue weighted by molar-refractivity contribution is 0.261. The van der Waals surface area contributed by atoms with Gasteiger partial charge in [0.2, 0.25) is 5.89 Å². The maximum atomic E-state index is 5.24. The molecule has 0 fully saturated rings. The predicted octanol–water partition coefficient (Wildman–Crippen LogP) is 3.02. The van der Waals surface area contributed by atoms with E-state index in [1.807, 2.05) is 0 Å². The van der Waals surface area contributed by atoms with E-state index in [2.05, 4.69) is 47.4 Å². The topological polar surface area (TPSA) is 42.2 Å². The molecule has 2 aromatic heterocycles. The summed E-state index contributed by atoms with van der Waals surface area (Å²) in [6.45, 7) is 5.89. The molecule has 0 spiro atoms. The van der Waals surface area contributed by atoms with Gasteiger partial charge in [0.05, 0.1) is 6.54 Å². The zero-order valence-corrected chi connectivity index (χ0v) is 12.0. The van der Waals surface area contributed by atoms with Crippen LogP contribution < -0.4 is 0 Å². The maximum absolute atomic E-state index is 5.24. The highest BCUT2D eigenvalue weighted by atomic mass is 32.1. The molecule has 2 aromatic rings. The molecule has 18 heavy (non-hydrogen) atoms. The zero-order chi connectivity index (χ0) is 13.0. The third-order valence-electron chi connectivity index (χ3n) is 2.77. The van der Waals surface area contributed by atoms with E-state index in [0.29, 0.717) is 12.4 Å². The Hall–Kier alpha value is -1.20. The fourth-order valence-corrected chi connectivity index (χ4v) is 2.76. The van der Waals surface area contributed by atoms with Crippen LogP contribution in [0.4, 0.5) is 0 Å².